The Hall–Kier alpha value is -4.42. The Balaban J connectivity index is 1.58. The molecule has 2 heterocycles. The maximum atomic E-state index is 14.9. The number of rotatable bonds is 5. The van der Waals surface area contributed by atoms with Crippen LogP contribution in [-0.4, -0.2) is 36.3 Å². The maximum Gasteiger partial charge on any atom is 0.242 e. The van der Waals surface area contributed by atoms with E-state index in [1.807, 2.05) is 72.8 Å². The first-order valence-electron chi connectivity index (χ1n) is 13.1. The lowest BCUT2D eigenvalue weighted by atomic mass is 9.62. The van der Waals surface area contributed by atoms with Crippen LogP contribution in [0.25, 0.3) is 10.8 Å². The van der Waals surface area contributed by atoms with Gasteiger partial charge in [-0.2, -0.15) is 0 Å². The summed E-state index contributed by atoms with van der Waals surface area (Å²) in [6, 6.07) is 26.8. The predicted octanol–water partition coefficient (Wildman–Crippen LogP) is 5.09. The van der Waals surface area contributed by atoms with Crippen molar-refractivity contribution in [2.45, 2.75) is 11.3 Å². The summed E-state index contributed by atoms with van der Waals surface area (Å²) in [7, 11) is 1.53. The van der Waals surface area contributed by atoms with Crippen LogP contribution >= 0.6 is 0 Å². The standard InChI is InChI=1S/C33H26N2O4/c1-39-19-35-31-25(15-8-18-34-31)33(32(35)38)28(23-14-7-12-20-9-5-6-13-22(20)23)27-24(16-17-26(27)36)29(33)30(37)21-10-3-2-4-11-21/h2-18,24,27-29H,19H2,1H3/t24-,27-,28-,29-,33+/m1/s1. The summed E-state index contributed by atoms with van der Waals surface area (Å²) < 4.78 is 5.46. The van der Waals surface area contributed by atoms with Gasteiger partial charge in [0, 0.05) is 42.2 Å². The number of aromatic nitrogens is 1. The van der Waals surface area contributed by atoms with Gasteiger partial charge in [-0.15, -0.1) is 0 Å². The molecule has 7 rings (SSSR count). The van der Waals surface area contributed by atoms with Gasteiger partial charge < -0.3 is 4.74 Å². The number of Topliss-reactive ketones (excluding diaryl/α,β-unsaturated/α-hetero) is 1. The highest BCUT2D eigenvalue weighted by molar-refractivity contribution is 6.16. The number of ether oxygens (including phenoxy) is 1. The molecule has 39 heavy (non-hydrogen) atoms. The maximum absolute atomic E-state index is 14.9. The number of carbonyl (C=O) groups excluding carboxylic acids is 3. The second-order valence-corrected chi connectivity index (χ2v) is 10.5. The molecule has 0 radical (unpaired) electrons. The number of fused-ring (bicyclic) bond motifs is 4. The van der Waals surface area contributed by atoms with Gasteiger partial charge in [-0.25, -0.2) is 4.98 Å². The second kappa shape index (κ2) is 8.82. The predicted molar refractivity (Wildman–Crippen MR) is 147 cm³/mol. The molecule has 192 valence electrons. The number of benzene rings is 3. The van der Waals surface area contributed by atoms with Crippen LogP contribution in [0, 0.1) is 17.8 Å². The zero-order valence-corrected chi connectivity index (χ0v) is 21.4. The van der Waals surface area contributed by atoms with Crippen LogP contribution in [0.1, 0.15) is 27.4 Å². The topological polar surface area (TPSA) is 76.6 Å². The van der Waals surface area contributed by atoms with Crippen LogP contribution in [0.2, 0.25) is 0 Å². The highest BCUT2D eigenvalue weighted by Crippen LogP contribution is 2.67. The molecule has 5 atom stereocenters. The molecule has 1 aliphatic heterocycles. The molecule has 3 aliphatic rings. The minimum Gasteiger partial charge on any atom is -0.364 e. The summed E-state index contributed by atoms with van der Waals surface area (Å²) in [4.78, 5) is 49.3. The third-order valence-corrected chi connectivity index (χ3v) is 8.80. The van der Waals surface area contributed by atoms with E-state index >= 15 is 0 Å². The molecule has 0 bridgehead atoms. The van der Waals surface area contributed by atoms with Crippen molar-refractivity contribution in [3.05, 3.63) is 120 Å². The quantitative estimate of drug-likeness (QED) is 0.347. The smallest absolute Gasteiger partial charge is 0.242 e. The minimum atomic E-state index is -1.34. The van der Waals surface area contributed by atoms with Gasteiger partial charge >= 0.3 is 0 Å². The Morgan fingerprint density at radius 2 is 1.72 bits per heavy atom. The zero-order chi connectivity index (χ0) is 26.7. The largest absolute Gasteiger partial charge is 0.364 e. The normalized spacial score (nSPS) is 26.9. The molecule has 2 aliphatic carbocycles. The fourth-order valence-corrected chi connectivity index (χ4v) is 7.46. The lowest BCUT2D eigenvalue weighted by molar-refractivity contribution is -0.126. The van der Waals surface area contributed by atoms with E-state index in [1.165, 1.54) is 12.0 Å². The first-order chi connectivity index (χ1) is 19.1. The van der Waals surface area contributed by atoms with Gasteiger partial charge in [0.1, 0.15) is 12.5 Å². The number of ketones is 2. The molecular formula is C33H26N2O4. The van der Waals surface area contributed by atoms with Crippen LogP contribution in [0.3, 0.4) is 0 Å². The van der Waals surface area contributed by atoms with Crippen molar-refractivity contribution in [1.82, 2.24) is 4.98 Å². The van der Waals surface area contributed by atoms with Gasteiger partial charge in [-0.05, 0) is 34.4 Å². The van der Waals surface area contributed by atoms with Crippen LogP contribution in [0.4, 0.5) is 5.82 Å². The number of amides is 1. The van der Waals surface area contributed by atoms with E-state index in [-0.39, 0.29) is 24.2 Å². The van der Waals surface area contributed by atoms with Gasteiger partial charge in [0.15, 0.2) is 11.6 Å². The van der Waals surface area contributed by atoms with Crippen molar-refractivity contribution in [2.75, 3.05) is 18.7 Å². The number of nitrogens with zero attached hydrogens (tertiary/aromatic N) is 2. The molecular weight excluding hydrogens is 488 g/mol. The Labute approximate surface area is 225 Å². The van der Waals surface area contributed by atoms with Gasteiger partial charge in [0.2, 0.25) is 5.91 Å². The summed E-state index contributed by atoms with van der Waals surface area (Å²) in [6.07, 6.45) is 5.10. The number of allylic oxidation sites excluding steroid dienone is 2. The van der Waals surface area contributed by atoms with Crippen LogP contribution < -0.4 is 4.90 Å². The number of methoxy groups -OCH3 is 1. The highest BCUT2D eigenvalue weighted by atomic mass is 16.5. The van der Waals surface area contributed by atoms with E-state index < -0.39 is 29.1 Å². The van der Waals surface area contributed by atoms with Crippen LogP contribution in [0.15, 0.2) is 103 Å². The van der Waals surface area contributed by atoms with Crippen molar-refractivity contribution >= 4 is 34.1 Å². The summed E-state index contributed by atoms with van der Waals surface area (Å²) >= 11 is 0. The van der Waals surface area contributed by atoms with Crippen molar-refractivity contribution in [1.29, 1.82) is 0 Å². The highest BCUT2D eigenvalue weighted by Gasteiger charge is 2.72. The monoisotopic (exact) mass is 514 g/mol. The van der Waals surface area contributed by atoms with Gasteiger partial charge in [-0.3, -0.25) is 19.3 Å². The molecule has 1 aromatic heterocycles. The van der Waals surface area contributed by atoms with E-state index in [4.69, 9.17) is 4.74 Å². The average molecular weight is 515 g/mol. The lowest BCUT2D eigenvalue weighted by Crippen LogP contribution is -2.50. The Morgan fingerprint density at radius 1 is 0.949 bits per heavy atom. The molecule has 0 N–H and O–H groups in total. The first-order valence-corrected chi connectivity index (χ1v) is 13.1. The Kier molecular flexibility index (Phi) is 5.35. The molecule has 6 heteroatoms. The molecule has 6 nitrogen and oxygen atoms in total. The number of pyridine rings is 1. The Morgan fingerprint density at radius 3 is 2.54 bits per heavy atom. The number of anilines is 1. The van der Waals surface area contributed by atoms with Gasteiger partial charge in [-0.1, -0.05) is 84.9 Å². The fourth-order valence-electron chi connectivity index (χ4n) is 7.46. The Bertz CT molecular complexity index is 1670. The van der Waals surface area contributed by atoms with E-state index in [0.29, 0.717) is 16.9 Å². The SMILES string of the molecule is COCN1C(=O)[C@@]2(c3cccnc31)[C@H](c1cccc3ccccc13)[C@H]1C(=O)C=C[C@H]1[C@@H]2C(=O)c1ccccc1. The third kappa shape index (κ3) is 3.12. The summed E-state index contributed by atoms with van der Waals surface area (Å²) in [5, 5.41) is 1.99. The molecule has 0 unspecified atom stereocenters. The van der Waals surface area contributed by atoms with Crippen LogP contribution in [-0.2, 0) is 19.7 Å². The fraction of sp³-hybridized carbons (Fsp3) is 0.212. The molecule has 3 aromatic carbocycles. The molecule has 1 amide bonds. The number of carbonyl (C=O) groups is 3. The van der Waals surface area contributed by atoms with Crippen molar-refractivity contribution in [3.8, 4) is 0 Å². The third-order valence-electron chi connectivity index (χ3n) is 8.80. The van der Waals surface area contributed by atoms with Crippen LogP contribution in [0.5, 0.6) is 0 Å². The number of hydrogen-bond acceptors (Lipinski definition) is 5. The average Bonchev–Trinajstić information content (AvgIpc) is 3.58. The molecule has 4 aromatic rings. The lowest BCUT2D eigenvalue weighted by Gasteiger charge is -2.37. The zero-order valence-electron chi connectivity index (χ0n) is 21.4. The summed E-state index contributed by atoms with van der Waals surface area (Å²) in [5.41, 5.74) is 0.755. The second-order valence-electron chi connectivity index (χ2n) is 10.5. The van der Waals surface area contributed by atoms with Crippen molar-refractivity contribution < 1.29 is 19.1 Å². The first kappa shape index (κ1) is 23.7. The molecule has 0 saturated heterocycles. The van der Waals surface area contributed by atoms with E-state index in [1.54, 1.807) is 30.5 Å². The number of hydrogen-bond donors (Lipinski definition) is 0. The summed E-state index contributed by atoms with van der Waals surface area (Å²) in [5.74, 6) is -2.33. The molecule has 1 spiro atoms. The summed E-state index contributed by atoms with van der Waals surface area (Å²) in [6.45, 7) is -0.00177. The van der Waals surface area contributed by atoms with E-state index in [0.717, 1.165) is 16.3 Å². The van der Waals surface area contributed by atoms with Crippen molar-refractivity contribution in [3.63, 3.8) is 0 Å². The van der Waals surface area contributed by atoms with E-state index in [2.05, 4.69) is 4.98 Å². The molecule has 1 saturated carbocycles. The molecule has 1 fully saturated rings. The van der Waals surface area contributed by atoms with Gasteiger partial charge in [0.25, 0.3) is 0 Å². The van der Waals surface area contributed by atoms with Crippen molar-refractivity contribution in [2.24, 2.45) is 17.8 Å². The van der Waals surface area contributed by atoms with Gasteiger partial charge in [0.05, 0.1) is 5.41 Å². The minimum absolute atomic E-state index is 0.00177. The van der Waals surface area contributed by atoms with E-state index in [9.17, 15) is 14.4 Å².